The van der Waals surface area contributed by atoms with Crippen LogP contribution in [0.15, 0.2) is 149 Å². The first-order chi connectivity index (χ1) is 25.4. The van der Waals surface area contributed by atoms with Crippen LogP contribution in [-0.2, 0) is 19.9 Å². The van der Waals surface area contributed by atoms with E-state index in [1.54, 1.807) is 29.3 Å². The third kappa shape index (κ3) is 6.87. The molecule has 13 heteroatoms. The van der Waals surface area contributed by atoms with Crippen LogP contribution in [0.1, 0.15) is 28.3 Å². The maximum absolute atomic E-state index is 13.7. The number of carbonyl (C=O) groups excluding carboxylic acids is 2. The Labute approximate surface area is 312 Å². The molecule has 1 fully saturated rings. The molecule has 1 saturated heterocycles. The van der Waals surface area contributed by atoms with E-state index in [9.17, 15) is 24.6 Å². The lowest BCUT2D eigenvalue weighted by Crippen LogP contribution is -2.70. The van der Waals surface area contributed by atoms with Crippen LogP contribution >= 0.6 is 34.9 Å². The highest BCUT2D eigenvalue weighted by Gasteiger charge is 2.54. The standard InChI is InChI=1S/C39H33N5O5S3/c45-22-30(34(46)42-32-35(47)44-33(37(48)49)25(23-51-36(32)44)18-20-50-29-17-10-19-40-21-29)31-24-52-38(41-31)43-39(26-11-4-1-5-12-26,27-13-6-2-7-14-27)28-15-8-3-9-16-28/h1-21,24,30,32,36,45H,22-23H2,(H,41,43)(H,42,46)(H,48,49)/t30?,32?,36-/m0/s1. The first-order valence-corrected chi connectivity index (χ1v) is 19.2. The molecule has 2 amide bonds. The van der Waals surface area contributed by atoms with Gasteiger partial charge in [-0.25, -0.2) is 9.78 Å². The van der Waals surface area contributed by atoms with E-state index in [2.05, 4.69) is 52.0 Å². The van der Waals surface area contributed by atoms with Crippen LogP contribution in [0.25, 0.3) is 0 Å². The number of aliphatic carboxylic acids is 1. The summed E-state index contributed by atoms with van der Waals surface area (Å²) in [5.41, 5.74) is 2.86. The molecule has 52 heavy (non-hydrogen) atoms. The Balaban J connectivity index is 1.10. The van der Waals surface area contributed by atoms with Gasteiger partial charge in [-0.15, -0.1) is 23.1 Å². The number of carboxylic acids is 1. The molecule has 2 aliphatic rings. The number of benzene rings is 3. The number of hydrogen-bond donors (Lipinski definition) is 4. The van der Waals surface area contributed by atoms with Crippen molar-refractivity contribution >= 4 is 57.8 Å². The predicted octanol–water partition coefficient (Wildman–Crippen LogP) is 6.06. The second kappa shape index (κ2) is 15.6. The van der Waals surface area contributed by atoms with Crippen LogP contribution in [0, 0.1) is 0 Å². The van der Waals surface area contributed by atoms with Gasteiger partial charge in [0.1, 0.15) is 28.6 Å². The Morgan fingerprint density at radius 2 is 1.60 bits per heavy atom. The van der Waals surface area contributed by atoms with Gasteiger partial charge >= 0.3 is 5.97 Å². The van der Waals surface area contributed by atoms with Gasteiger partial charge in [-0.1, -0.05) is 103 Å². The molecule has 10 nitrogen and oxygen atoms in total. The number of nitrogens with zero attached hydrogens (tertiary/aromatic N) is 3. The molecule has 0 bridgehead atoms. The number of allylic oxidation sites excluding steroid dienone is 1. The highest BCUT2D eigenvalue weighted by molar-refractivity contribution is 8.02. The molecule has 2 unspecified atom stereocenters. The van der Waals surface area contributed by atoms with Gasteiger partial charge in [0, 0.05) is 28.4 Å². The Bertz CT molecular complexity index is 2020. The lowest BCUT2D eigenvalue weighted by atomic mass is 9.77. The molecule has 0 radical (unpaired) electrons. The third-order valence-electron chi connectivity index (χ3n) is 8.90. The van der Waals surface area contributed by atoms with E-state index < -0.39 is 47.3 Å². The van der Waals surface area contributed by atoms with Crippen LogP contribution in [0.5, 0.6) is 0 Å². The van der Waals surface area contributed by atoms with E-state index in [-0.39, 0.29) is 5.70 Å². The Hall–Kier alpha value is -5.21. The predicted molar refractivity (Wildman–Crippen MR) is 204 cm³/mol. The van der Waals surface area contributed by atoms with Crippen molar-refractivity contribution in [3.05, 3.63) is 166 Å². The Kier molecular flexibility index (Phi) is 10.5. The molecule has 4 N–H and O–H groups in total. The van der Waals surface area contributed by atoms with E-state index in [0.29, 0.717) is 22.2 Å². The summed E-state index contributed by atoms with van der Waals surface area (Å²) in [6.07, 6.45) is 5.07. The number of hydrogen-bond acceptors (Lipinski definition) is 10. The second-order valence-corrected chi connectivity index (χ2v) is 14.9. The first kappa shape index (κ1) is 35.2. The number of carboxylic acid groups (broad SMARTS) is 1. The molecule has 0 saturated carbocycles. The van der Waals surface area contributed by atoms with Crippen molar-refractivity contribution in [1.82, 2.24) is 20.2 Å². The van der Waals surface area contributed by atoms with E-state index >= 15 is 0 Å². The van der Waals surface area contributed by atoms with Crippen LogP contribution < -0.4 is 10.6 Å². The van der Waals surface area contributed by atoms with Gasteiger partial charge in [0.05, 0.1) is 12.3 Å². The maximum Gasteiger partial charge on any atom is 0.352 e. The number of thiazole rings is 1. The number of amides is 2. The van der Waals surface area contributed by atoms with E-state index in [4.69, 9.17) is 4.98 Å². The fourth-order valence-corrected chi connectivity index (χ4v) is 9.20. The number of pyridine rings is 1. The minimum Gasteiger partial charge on any atom is -0.477 e. The monoisotopic (exact) mass is 747 g/mol. The summed E-state index contributed by atoms with van der Waals surface area (Å²) in [6, 6.07) is 32.9. The highest BCUT2D eigenvalue weighted by Crippen LogP contribution is 2.43. The summed E-state index contributed by atoms with van der Waals surface area (Å²) < 4.78 is 0. The fourth-order valence-electron chi connectivity index (χ4n) is 6.39. The molecule has 7 rings (SSSR count). The SMILES string of the molecule is O=C(O)C1=C(C=CSc2cccnc2)CS[C@H]2C(NC(=O)C(CO)c3csc(NC(c4ccccc4)(c4ccccc4)c4ccccc4)n3)C(=O)N12. The van der Waals surface area contributed by atoms with Gasteiger partial charge in [0.25, 0.3) is 5.91 Å². The summed E-state index contributed by atoms with van der Waals surface area (Å²) in [5.74, 6) is -3.03. The molecule has 0 aliphatic carbocycles. The average molecular weight is 748 g/mol. The van der Waals surface area contributed by atoms with Crippen molar-refractivity contribution in [1.29, 1.82) is 0 Å². The molecular formula is C39H33N5O5S3. The summed E-state index contributed by atoms with van der Waals surface area (Å²) >= 11 is 4.07. The number of aliphatic hydroxyl groups excluding tert-OH is 1. The van der Waals surface area contributed by atoms with Crippen LogP contribution in [0.3, 0.4) is 0 Å². The number of nitrogens with one attached hydrogen (secondary N) is 2. The lowest BCUT2D eigenvalue weighted by Gasteiger charge is -2.49. The normalized spacial score (nSPS) is 17.7. The van der Waals surface area contributed by atoms with Crippen molar-refractivity contribution in [3.8, 4) is 0 Å². The molecule has 2 aliphatic heterocycles. The second-order valence-electron chi connectivity index (χ2n) is 12.0. The minimum absolute atomic E-state index is 0.102. The average Bonchev–Trinajstić information content (AvgIpc) is 3.65. The topological polar surface area (TPSA) is 145 Å². The molecular weight excluding hydrogens is 715 g/mol. The minimum atomic E-state index is -1.22. The number of rotatable bonds is 13. The van der Waals surface area contributed by atoms with Gasteiger partial charge in [0.2, 0.25) is 5.91 Å². The van der Waals surface area contributed by atoms with Gasteiger partial charge in [-0.05, 0) is 45.9 Å². The fraction of sp³-hybridized carbons (Fsp3) is 0.154. The lowest BCUT2D eigenvalue weighted by molar-refractivity contribution is -0.151. The van der Waals surface area contributed by atoms with Crippen molar-refractivity contribution in [2.24, 2.45) is 0 Å². The Morgan fingerprint density at radius 1 is 0.962 bits per heavy atom. The molecule has 3 atom stereocenters. The zero-order valence-electron chi connectivity index (χ0n) is 27.5. The molecule has 3 aromatic carbocycles. The Morgan fingerprint density at radius 3 is 2.15 bits per heavy atom. The number of β-lactam (4-membered cyclic amide) rings is 1. The zero-order valence-corrected chi connectivity index (χ0v) is 30.0. The molecule has 4 heterocycles. The largest absolute Gasteiger partial charge is 0.477 e. The number of fused-ring (bicyclic) bond motifs is 1. The van der Waals surface area contributed by atoms with Crippen molar-refractivity contribution < 1.29 is 24.6 Å². The molecule has 0 spiro atoms. The number of thioether (sulfide) groups is 2. The van der Waals surface area contributed by atoms with Gasteiger partial charge < -0.3 is 20.8 Å². The van der Waals surface area contributed by atoms with Gasteiger partial charge in [-0.3, -0.25) is 19.5 Å². The van der Waals surface area contributed by atoms with E-state index in [0.717, 1.165) is 21.6 Å². The maximum atomic E-state index is 13.7. The quantitative estimate of drug-likeness (QED) is 0.0637. The summed E-state index contributed by atoms with van der Waals surface area (Å²) in [6.45, 7) is -0.539. The smallest absolute Gasteiger partial charge is 0.352 e. The summed E-state index contributed by atoms with van der Waals surface area (Å²) in [5, 5.41) is 30.4. The molecule has 2 aromatic heterocycles. The van der Waals surface area contributed by atoms with Crippen molar-refractivity contribution in [2.45, 2.75) is 27.8 Å². The third-order valence-corrected chi connectivity index (χ3v) is 11.8. The van der Waals surface area contributed by atoms with E-state index in [1.807, 2.05) is 66.7 Å². The van der Waals surface area contributed by atoms with Crippen LogP contribution in [-0.4, -0.2) is 66.6 Å². The van der Waals surface area contributed by atoms with Gasteiger partial charge in [-0.2, -0.15) is 0 Å². The molecule has 262 valence electrons. The van der Waals surface area contributed by atoms with Crippen molar-refractivity contribution in [3.63, 3.8) is 0 Å². The number of anilines is 1. The first-order valence-electron chi connectivity index (χ1n) is 16.4. The van der Waals surface area contributed by atoms with Gasteiger partial charge in [0.15, 0.2) is 5.13 Å². The summed E-state index contributed by atoms with van der Waals surface area (Å²) in [4.78, 5) is 50.4. The van der Waals surface area contributed by atoms with Crippen LogP contribution in [0.2, 0.25) is 0 Å². The molecule has 5 aromatic rings. The number of aliphatic hydroxyl groups is 1. The number of carbonyl (C=O) groups is 3. The number of aromatic nitrogens is 2. The zero-order chi connectivity index (χ0) is 36.1. The van der Waals surface area contributed by atoms with E-state index in [1.165, 1.54) is 39.8 Å². The van der Waals surface area contributed by atoms with Crippen molar-refractivity contribution in [2.75, 3.05) is 17.7 Å². The summed E-state index contributed by atoms with van der Waals surface area (Å²) in [7, 11) is 0. The highest BCUT2D eigenvalue weighted by atomic mass is 32.2. The van der Waals surface area contributed by atoms with Crippen LogP contribution in [0.4, 0.5) is 5.13 Å².